The third-order valence-corrected chi connectivity index (χ3v) is 3.82. The van der Waals surface area contributed by atoms with E-state index in [4.69, 9.17) is 10.7 Å². The van der Waals surface area contributed by atoms with Gasteiger partial charge in [0.2, 0.25) is 0 Å². The molecule has 0 aromatic carbocycles. The first kappa shape index (κ1) is 18.1. The van der Waals surface area contributed by atoms with E-state index >= 15 is 0 Å². The van der Waals surface area contributed by atoms with Crippen LogP contribution < -0.4 is 5.73 Å². The topological polar surface area (TPSA) is 43.8 Å². The molecule has 1 aromatic rings. The number of hydrogen-bond donors (Lipinski definition) is 1. The second kappa shape index (κ2) is 7.86. The second-order valence-corrected chi connectivity index (χ2v) is 7.69. The molecule has 0 saturated carbocycles. The lowest BCUT2D eigenvalue weighted by Crippen LogP contribution is -2.21. The minimum Gasteiger partial charge on any atom is -0.384 e. The Balaban J connectivity index is 2.83. The van der Waals surface area contributed by atoms with E-state index in [1.54, 1.807) is 0 Å². The van der Waals surface area contributed by atoms with Crippen LogP contribution in [0.3, 0.4) is 0 Å². The van der Waals surface area contributed by atoms with Gasteiger partial charge in [0.15, 0.2) is 0 Å². The Hall–Kier alpha value is -0.990. The fourth-order valence-electron chi connectivity index (χ4n) is 2.72. The largest absolute Gasteiger partial charge is 0.384 e. The molecule has 0 fully saturated rings. The zero-order valence-electron chi connectivity index (χ0n) is 15.0. The van der Waals surface area contributed by atoms with Crippen LogP contribution in [0.1, 0.15) is 85.2 Å². The van der Waals surface area contributed by atoms with E-state index in [1.165, 1.54) is 32.1 Å². The molecule has 3 nitrogen and oxygen atoms in total. The molecule has 0 spiro atoms. The summed E-state index contributed by atoms with van der Waals surface area (Å²) in [5.74, 6) is 2.61. The zero-order chi connectivity index (χ0) is 16.0. The first-order chi connectivity index (χ1) is 9.77. The summed E-state index contributed by atoms with van der Waals surface area (Å²) in [5.41, 5.74) is 7.54. The molecule has 2 N–H and O–H groups in total. The maximum atomic E-state index is 6.39. The molecule has 0 saturated heterocycles. The van der Waals surface area contributed by atoms with E-state index in [9.17, 15) is 0 Å². The van der Waals surface area contributed by atoms with E-state index in [0.717, 1.165) is 30.3 Å². The van der Waals surface area contributed by atoms with Gasteiger partial charge in [-0.1, -0.05) is 67.2 Å². The average molecular weight is 293 g/mol. The number of nitrogen functional groups attached to an aromatic ring is 1. The first-order valence-corrected chi connectivity index (χ1v) is 8.62. The van der Waals surface area contributed by atoms with E-state index in [-0.39, 0.29) is 5.41 Å². The van der Waals surface area contributed by atoms with E-state index in [2.05, 4.69) is 46.1 Å². The molecule has 0 unspecified atom stereocenters. The smallest absolute Gasteiger partial charge is 0.126 e. The number of aromatic nitrogens is 2. The van der Waals surface area contributed by atoms with Crippen LogP contribution >= 0.6 is 0 Å². The second-order valence-electron chi connectivity index (χ2n) is 7.69. The fourth-order valence-corrected chi connectivity index (χ4v) is 2.72. The van der Waals surface area contributed by atoms with Gasteiger partial charge in [-0.2, -0.15) is 0 Å². The summed E-state index contributed by atoms with van der Waals surface area (Å²) in [6.45, 7) is 14.3. The van der Waals surface area contributed by atoms with Crippen molar-refractivity contribution in [2.45, 2.75) is 92.0 Å². The third-order valence-electron chi connectivity index (χ3n) is 3.82. The summed E-state index contributed by atoms with van der Waals surface area (Å²) in [4.78, 5) is 4.89. The quantitative estimate of drug-likeness (QED) is 0.690. The van der Waals surface area contributed by atoms with Gasteiger partial charge in [0.05, 0.1) is 5.69 Å². The van der Waals surface area contributed by atoms with Crippen LogP contribution in [0.15, 0.2) is 0 Å². The van der Waals surface area contributed by atoms with Crippen molar-refractivity contribution in [1.29, 1.82) is 0 Å². The summed E-state index contributed by atoms with van der Waals surface area (Å²) in [5, 5.41) is 0. The summed E-state index contributed by atoms with van der Waals surface area (Å²) in [7, 11) is 0. The Morgan fingerprint density at radius 3 is 2.24 bits per heavy atom. The van der Waals surface area contributed by atoms with Gasteiger partial charge >= 0.3 is 0 Å². The number of nitrogens with zero attached hydrogens (tertiary/aromatic N) is 2. The van der Waals surface area contributed by atoms with Gasteiger partial charge in [-0.25, -0.2) is 4.98 Å². The van der Waals surface area contributed by atoms with E-state index in [0.29, 0.717) is 5.92 Å². The van der Waals surface area contributed by atoms with Gasteiger partial charge in [0.1, 0.15) is 11.6 Å². The minimum atomic E-state index is 0.0451. The van der Waals surface area contributed by atoms with E-state index in [1.807, 2.05) is 0 Å². The monoisotopic (exact) mass is 293 g/mol. The molecule has 1 heterocycles. The molecule has 122 valence electrons. The van der Waals surface area contributed by atoms with Crippen molar-refractivity contribution in [1.82, 2.24) is 9.55 Å². The van der Waals surface area contributed by atoms with Crippen molar-refractivity contribution < 1.29 is 0 Å². The predicted octanol–water partition coefficient (Wildman–Crippen LogP) is 4.93. The lowest BCUT2D eigenvalue weighted by Gasteiger charge is -2.21. The number of aryl methyl sites for hydroxylation is 1. The van der Waals surface area contributed by atoms with Crippen molar-refractivity contribution in [2.75, 3.05) is 5.73 Å². The molecule has 21 heavy (non-hydrogen) atoms. The van der Waals surface area contributed by atoms with Crippen LogP contribution in [-0.4, -0.2) is 9.55 Å². The Labute approximate surface area is 131 Å². The molecule has 0 bridgehead atoms. The standard InChI is InChI=1S/C18H35N3/c1-7-8-9-10-11-12-15-16(19)21(13-14(2)3)17(20-15)18(4,5)6/h14H,7-13,19H2,1-6H3. The fraction of sp³-hybridized carbons (Fsp3) is 0.833. The number of unbranched alkanes of at least 4 members (excludes halogenated alkanes) is 4. The molecule has 0 atom stereocenters. The van der Waals surface area contributed by atoms with Gasteiger partial charge in [-0.05, 0) is 18.8 Å². The van der Waals surface area contributed by atoms with Gasteiger partial charge < -0.3 is 10.3 Å². The normalized spacial score (nSPS) is 12.3. The van der Waals surface area contributed by atoms with Crippen LogP contribution in [0, 0.1) is 5.92 Å². The van der Waals surface area contributed by atoms with Gasteiger partial charge in [-0.15, -0.1) is 0 Å². The van der Waals surface area contributed by atoms with Crippen LogP contribution in [-0.2, 0) is 18.4 Å². The Kier molecular flexibility index (Phi) is 6.76. The van der Waals surface area contributed by atoms with Crippen molar-refractivity contribution in [3.63, 3.8) is 0 Å². The van der Waals surface area contributed by atoms with Crippen LogP contribution in [0.4, 0.5) is 5.82 Å². The Bertz CT molecular complexity index is 424. The van der Waals surface area contributed by atoms with Crippen molar-refractivity contribution in [2.24, 2.45) is 5.92 Å². The molecule has 0 radical (unpaired) electrons. The molecular formula is C18H35N3. The number of anilines is 1. The zero-order valence-corrected chi connectivity index (χ0v) is 15.0. The average Bonchev–Trinajstić information content (AvgIpc) is 2.66. The molecule has 0 amide bonds. The highest BCUT2D eigenvalue weighted by molar-refractivity contribution is 5.40. The molecule has 1 aromatic heterocycles. The summed E-state index contributed by atoms with van der Waals surface area (Å²) >= 11 is 0. The lowest BCUT2D eigenvalue weighted by molar-refractivity contribution is 0.454. The van der Waals surface area contributed by atoms with Crippen LogP contribution in [0.5, 0.6) is 0 Å². The lowest BCUT2D eigenvalue weighted by atomic mass is 9.95. The molecule has 1 rings (SSSR count). The summed E-state index contributed by atoms with van der Waals surface area (Å²) in [6, 6.07) is 0. The number of hydrogen-bond acceptors (Lipinski definition) is 2. The molecule has 3 heteroatoms. The number of nitrogens with two attached hydrogens (primary N) is 1. The number of rotatable bonds is 8. The first-order valence-electron chi connectivity index (χ1n) is 8.62. The van der Waals surface area contributed by atoms with Crippen LogP contribution in [0.2, 0.25) is 0 Å². The molecule has 0 aliphatic heterocycles. The van der Waals surface area contributed by atoms with Crippen molar-refractivity contribution in [3.05, 3.63) is 11.5 Å². The highest BCUT2D eigenvalue weighted by Gasteiger charge is 2.24. The highest BCUT2D eigenvalue weighted by atomic mass is 15.2. The summed E-state index contributed by atoms with van der Waals surface area (Å²) < 4.78 is 2.24. The van der Waals surface area contributed by atoms with Crippen molar-refractivity contribution in [3.8, 4) is 0 Å². The predicted molar refractivity (Wildman–Crippen MR) is 92.6 cm³/mol. The number of imidazole rings is 1. The van der Waals surface area contributed by atoms with Crippen molar-refractivity contribution >= 4 is 5.82 Å². The summed E-state index contributed by atoms with van der Waals surface area (Å²) in [6.07, 6.45) is 7.46. The SMILES string of the molecule is CCCCCCCc1nc(C(C)(C)C)n(CC(C)C)c1N. The molecular weight excluding hydrogens is 258 g/mol. The maximum Gasteiger partial charge on any atom is 0.126 e. The molecule has 0 aliphatic carbocycles. The Morgan fingerprint density at radius 2 is 1.71 bits per heavy atom. The van der Waals surface area contributed by atoms with Gasteiger partial charge in [-0.3, -0.25) is 0 Å². The minimum absolute atomic E-state index is 0.0451. The van der Waals surface area contributed by atoms with Crippen LogP contribution in [0.25, 0.3) is 0 Å². The van der Waals surface area contributed by atoms with Gasteiger partial charge in [0.25, 0.3) is 0 Å². The highest BCUT2D eigenvalue weighted by Crippen LogP contribution is 2.28. The maximum absolute atomic E-state index is 6.39. The third kappa shape index (κ3) is 5.37. The van der Waals surface area contributed by atoms with E-state index < -0.39 is 0 Å². The van der Waals surface area contributed by atoms with Gasteiger partial charge in [0, 0.05) is 12.0 Å². The molecule has 0 aliphatic rings. The Morgan fingerprint density at radius 1 is 1.10 bits per heavy atom.